The van der Waals surface area contributed by atoms with E-state index in [2.05, 4.69) is 0 Å². The van der Waals surface area contributed by atoms with Gasteiger partial charge in [-0.3, -0.25) is 4.79 Å². The Hall–Kier alpha value is -1.33. The zero-order valence-electron chi connectivity index (χ0n) is 11.6. The number of carbonyl (C=O) groups is 1. The number of nitrogens with zero attached hydrogens (tertiary/aromatic N) is 2. The predicted molar refractivity (Wildman–Crippen MR) is 72.1 cm³/mol. The van der Waals surface area contributed by atoms with Gasteiger partial charge in [0.15, 0.2) is 0 Å². The molecule has 0 aromatic carbocycles. The summed E-state index contributed by atoms with van der Waals surface area (Å²) in [6.45, 7) is 4.16. The van der Waals surface area contributed by atoms with Crippen molar-refractivity contribution in [1.29, 1.82) is 0 Å². The van der Waals surface area contributed by atoms with Crippen molar-refractivity contribution in [2.45, 2.75) is 31.9 Å². The third-order valence-corrected chi connectivity index (χ3v) is 3.56. The molecule has 1 amide bonds. The molecule has 1 aromatic rings. The summed E-state index contributed by atoms with van der Waals surface area (Å²) in [5.74, 6) is -0.0121. The highest BCUT2D eigenvalue weighted by molar-refractivity contribution is 5.93. The molecule has 1 aliphatic rings. The third kappa shape index (κ3) is 2.98. The van der Waals surface area contributed by atoms with Crippen LogP contribution >= 0.6 is 0 Å². The van der Waals surface area contributed by atoms with Gasteiger partial charge in [0.2, 0.25) is 0 Å². The fourth-order valence-corrected chi connectivity index (χ4v) is 2.59. The summed E-state index contributed by atoms with van der Waals surface area (Å²) in [4.78, 5) is 14.0. The Labute approximate surface area is 113 Å². The molecule has 1 aromatic heterocycles. The van der Waals surface area contributed by atoms with Crippen molar-refractivity contribution in [1.82, 2.24) is 9.47 Å². The first-order chi connectivity index (χ1) is 9.09. The lowest BCUT2D eigenvalue weighted by atomic mass is 9.89. The zero-order chi connectivity index (χ0) is 13.9. The van der Waals surface area contributed by atoms with E-state index in [1.54, 1.807) is 12.0 Å². The van der Waals surface area contributed by atoms with Crippen molar-refractivity contribution in [3.8, 4) is 0 Å². The molecule has 2 rings (SSSR count). The Balaban J connectivity index is 1.96. The van der Waals surface area contributed by atoms with Gasteiger partial charge in [0.1, 0.15) is 5.69 Å². The van der Waals surface area contributed by atoms with E-state index in [-0.39, 0.29) is 5.91 Å². The molecule has 0 saturated carbocycles. The maximum absolute atomic E-state index is 12.3. The lowest BCUT2D eigenvalue weighted by Crippen LogP contribution is -2.63. The van der Waals surface area contributed by atoms with Crippen LogP contribution in [-0.2, 0) is 11.3 Å². The van der Waals surface area contributed by atoms with E-state index in [0.717, 1.165) is 12.8 Å². The largest absolute Gasteiger partial charge is 0.386 e. The summed E-state index contributed by atoms with van der Waals surface area (Å²) in [6.07, 6.45) is 3.56. The first kappa shape index (κ1) is 14.1. The van der Waals surface area contributed by atoms with Gasteiger partial charge in [0.25, 0.3) is 5.91 Å². The molecule has 19 heavy (non-hydrogen) atoms. The first-order valence-electron chi connectivity index (χ1n) is 6.75. The number of aromatic nitrogens is 1. The molecule has 5 heteroatoms. The van der Waals surface area contributed by atoms with Crippen molar-refractivity contribution in [3.05, 3.63) is 24.0 Å². The Morgan fingerprint density at radius 3 is 2.89 bits per heavy atom. The van der Waals surface area contributed by atoms with Crippen molar-refractivity contribution in [2.75, 3.05) is 26.8 Å². The van der Waals surface area contributed by atoms with E-state index in [4.69, 9.17) is 4.74 Å². The molecule has 1 saturated heterocycles. The summed E-state index contributed by atoms with van der Waals surface area (Å²) in [6, 6.07) is 3.68. The van der Waals surface area contributed by atoms with Crippen LogP contribution in [0.5, 0.6) is 0 Å². The molecule has 0 aliphatic carbocycles. The number of amides is 1. The SMILES string of the molecule is CCCC1(O)CN(C(=O)c2cccn2CCOC)C1. The molecule has 5 nitrogen and oxygen atoms in total. The van der Waals surface area contributed by atoms with E-state index in [9.17, 15) is 9.90 Å². The van der Waals surface area contributed by atoms with Crippen molar-refractivity contribution in [2.24, 2.45) is 0 Å². The quantitative estimate of drug-likeness (QED) is 0.839. The van der Waals surface area contributed by atoms with E-state index < -0.39 is 5.60 Å². The fourth-order valence-electron chi connectivity index (χ4n) is 2.59. The molecule has 1 aliphatic heterocycles. The van der Waals surface area contributed by atoms with Gasteiger partial charge >= 0.3 is 0 Å². The van der Waals surface area contributed by atoms with Crippen molar-refractivity contribution in [3.63, 3.8) is 0 Å². The van der Waals surface area contributed by atoms with Gasteiger partial charge in [-0.05, 0) is 18.6 Å². The van der Waals surface area contributed by atoms with Crippen molar-refractivity contribution < 1.29 is 14.6 Å². The molecule has 1 fully saturated rings. The minimum atomic E-state index is -0.672. The van der Waals surface area contributed by atoms with E-state index in [0.29, 0.717) is 31.9 Å². The molecule has 0 unspecified atom stereocenters. The number of aliphatic hydroxyl groups is 1. The van der Waals surface area contributed by atoms with Crippen LogP contribution in [-0.4, -0.2) is 52.9 Å². The van der Waals surface area contributed by atoms with Gasteiger partial charge < -0.3 is 19.3 Å². The molecular formula is C14H22N2O3. The molecule has 2 heterocycles. The summed E-state index contributed by atoms with van der Waals surface area (Å²) in [7, 11) is 1.64. The number of ether oxygens (including phenoxy) is 1. The lowest BCUT2D eigenvalue weighted by molar-refractivity contribution is -0.0863. The maximum Gasteiger partial charge on any atom is 0.270 e. The average Bonchev–Trinajstić information content (AvgIpc) is 2.81. The van der Waals surface area contributed by atoms with Gasteiger partial charge in [-0.2, -0.15) is 0 Å². The molecule has 0 atom stereocenters. The topological polar surface area (TPSA) is 54.7 Å². The van der Waals surface area contributed by atoms with E-state index >= 15 is 0 Å². The molecule has 1 N–H and O–H groups in total. The number of likely N-dealkylation sites (tertiary alicyclic amines) is 1. The first-order valence-corrected chi connectivity index (χ1v) is 6.75. The number of hydrogen-bond donors (Lipinski definition) is 1. The highest BCUT2D eigenvalue weighted by Crippen LogP contribution is 2.27. The normalized spacial score (nSPS) is 17.3. The van der Waals surface area contributed by atoms with Crippen LogP contribution in [0.25, 0.3) is 0 Å². The summed E-state index contributed by atoms with van der Waals surface area (Å²) < 4.78 is 6.92. The molecule has 106 valence electrons. The van der Waals surface area contributed by atoms with Crippen LogP contribution in [0.2, 0.25) is 0 Å². The summed E-state index contributed by atoms with van der Waals surface area (Å²) >= 11 is 0. The van der Waals surface area contributed by atoms with Gasteiger partial charge in [-0.1, -0.05) is 13.3 Å². The molecular weight excluding hydrogens is 244 g/mol. The number of methoxy groups -OCH3 is 1. The second-order valence-corrected chi connectivity index (χ2v) is 5.22. The van der Waals surface area contributed by atoms with Crippen LogP contribution in [0.1, 0.15) is 30.3 Å². The summed E-state index contributed by atoms with van der Waals surface area (Å²) in [5.41, 5.74) is -0.00967. The number of rotatable bonds is 6. The highest BCUT2D eigenvalue weighted by atomic mass is 16.5. The standard InChI is InChI=1S/C14H22N2O3/c1-3-6-14(18)10-16(11-14)13(17)12-5-4-7-15(12)8-9-19-2/h4-5,7,18H,3,6,8-11H2,1-2H3. The number of hydrogen-bond acceptors (Lipinski definition) is 3. The molecule has 0 radical (unpaired) electrons. The Bertz CT molecular complexity index is 436. The van der Waals surface area contributed by atoms with Crippen molar-refractivity contribution >= 4 is 5.91 Å². The van der Waals surface area contributed by atoms with Crippen LogP contribution < -0.4 is 0 Å². The predicted octanol–water partition coefficient (Wildman–Crippen LogP) is 1.12. The fraction of sp³-hybridized carbons (Fsp3) is 0.643. The number of carbonyl (C=O) groups excluding carboxylic acids is 1. The monoisotopic (exact) mass is 266 g/mol. The minimum Gasteiger partial charge on any atom is -0.386 e. The van der Waals surface area contributed by atoms with Crippen LogP contribution in [0, 0.1) is 0 Å². The van der Waals surface area contributed by atoms with Crippen LogP contribution in [0.3, 0.4) is 0 Å². The van der Waals surface area contributed by atoms with Crippen LogP contribution in [0.4, 0.5) is 0 Å². The van der Waals surface area contributed by atoms with Gasteiger partial charge in [-0.25, -0.2) is 0 Å². The minimum absolute atomic E-state index is 0.0121. The molecule has 0 bridgehead atoms. The zero-order valence-corrected chi connectivity index (χ0v) is 11.6. The second-order valence-electron chi connectivity index (χ2n) is 5.22. The van der Waals surface area contributed by atoms with E-state index in [1.807, 2.05) is 29.8 Å². The van der Waals surface area contributed by atoms with Gasteiger partial charge in [-0.15, -0.1) is 0 Å². The maximum atomic E-state index is 12.3. The van der Waals surface area contributed by atoms with Crippen LogP contribution in [0.15, 0.2) is 18.3 Å². The smallest absolute Gasteiger partial charge is 0.270 e. The van der Waals surface area contributed by atoms with E-state index in [1.165, 1.54) is 0 Å². The number of β-amino-alcohol motifs (C(OH)–C–C–N with tert-alkyl or cyclic N) is 1. The lowest BCUT2D eigenvalue weighted by Gasteiger charge is -2.46. The second kappa shape index (κ2) is 5.75. The van der Waals surface area contributed by atoms with Gasteiger partial charge in [0, 0.05) is 19.9 Å². The third-order valence-electron chi connectivity index (χ3n) is 3.56. The Morgan fingerprint density at radius 2 is 2.26 bits per heavy atom. The molecule has 0 spiro atoms. The van der Waals surface area contributed by atoms with Gasteiger partial charge in [0.05, 0.1) is 25.3 Å². The Kier molecular flexibility index (Phi) is 4.27. The average molecular weight is 266 g/mol. The highest BCUT2D eigenvalue weighted by Gasteiger charge is 2.43. The Morgan fingerprint density at radius 1 is 1.53 bits per heavy atom. The summed E-state index contributed by atoms with van der Waals surface area (Å²) in [5, 5.41) is 10.1.